The van der Waals surface area contributed by atoms with Gasteiger partial charge in [0.05, 0.1) is 11.5 Å². The van der Waals surface area contributed by atoms with Gasteiger partial charge in [0, 0.05) is 26.3 Å². The molecule has 18 heavy (non-hydrogen) atoms. The van der Waals surface area contributed by atoms with Crippen LogP contribution in [0.4, 0.5) is 11.4 Å². The quantitative estimate of drug-likeness (QED) is 0.454. The third kappa shape index (κ3) is 3.97. The van der Waals surface area contributed by atoms with E-state index in [-0.39, 0.29) is 11.4 Å². The number of methoxy groups -OCH3 is 1. The third-order valence-electron chi connectivity index (χ3n) is 2.76. The van der Waals surface area contributed by atoms with Gasteiger partial charge in [-0.3, -0.25) is 15.0 Å². The Morgan fingerprint density at radius 3 is 2.78 bits per heavy atom. The number of nitrogens with two attached hydrogens (primary N) is 1. The highest BCUT2D eigenvalue weighted by molar-refractivity contribution is 5.59. The second kappa shape index (κ2) is 6.93. The highest BCUT2D eigenvalue weighted by Crippen LogP contribution is 2.22. The number of rotatable bonds is 7. The number of hydrogen-bond donors (Lipinski definition) is 1. The monoisotopic (exact) mass is 253 g/mol. The van der Waals surface area contributed by atoms with Gasteiger partial charge in [-0.2, -0.15) is 0 Å². The molecular formula is C12H19N3O3. The van der Waals surface area contributed by atoms with Gasteiger partial charge < -0.3 is 10.5 Å². The normalized spacial score (nSPS) is 10.8. The lowest BCUT2D eigenvalue weighted by molar-refractivity contribution is -0.384. The number of hydrogen-bond acceptors (Lipinski definition) is 5. The summed E-state index contributed by atoms with van der Waals surface area (Å²) in [6, 6.07) is 4.93. The molecule has 1 aromatic carbocycles. The fraction of sp³-hybridized carbons (Fsp3) is 0.500. The van der Waals surface area contributed by atoms with Gasteiger partial charge in [0.25, 0.3) is 5.69 Å². The number of nitrogens with zero attached hydrogens (tertiary/aromatic N) is 2. The second-order valence-corrected chi connectivity index (χ2v) is 4.01. The zero-order valence-corrected chi connectivity index (χ0v) is 10.8. The molecule has 1 aromatic rings. The zero-order chi connectivity index (χ0) is 13.5. The van der Waals surface area contributed by atoms with E-state index in [1.54, 1.807) is 13.2 Å². The van der Waals surface area contributed by atoms with Gasteiger partial charge in [0.1, 0.15) is 5.69 Å². The Kier molecular flexibility index (Phi) is 5.54. The second-order valence-electron chi connectivity index (χ2n) is 4.01. The maximum Gasteiger partial charge on any atom is 0.292 e. The Labute approximate surface area is 106 Å². The van der Waals surface area contributed by atoms with Crippen LogP contribution >= 0.6 is 0 Å². The summed E-state index contributed by atoms with van der Waals surface area (Å²) in [6.07, 6.45) is 0. The molecule has 0 aliphatic carbocycles. The van der Waals surface area contributed by atoms with Crippen molar-refractivity contribution in [3.63, 3.8) is 0 Å². The van der Waals surface area contributed by atoms with Gasteiger partial charge in [-0.1, -0.05) is 13.0 Å². The molecule has 0 bridgehead atoms. The average Bonchev–Trinajstić information content (AvgIpc) is 2.36. The highest BCUT2D eigenvalue weighted by Gasteiger charge is 2.13. The van der Waals surface area contributed by atoms with Gasteiger partial charge >= 0.3 is 0 Å². The van der Waals surface area contributed by atoms with Crippen LogP contribution in [0, 0.1) is 10.1 Å². The molecule has 0 amide bonds. The molecule has 0 radical (unpaired) electrons. The van der Waals surface area contributed by atoms with Crippen LogP contribution in [0.1, 0.15) is 12.5 Å². The van der Waals surface area contributed by atoms with Crippen molar-refractivity contribution in [3.8, 4) is 0 Å². The SMILES string of the molecule is CCN(CCOC)Cc1ccc(N)c([N+](=O)[O-])c1. The van der Waals surface area contributed by atoms with Crippen molar-refractivity contribution in [1.82, 2.24) is 4.90 Å². The first-order valence-corrected chi connectivity index (χ1v) is 5.82. The van der Waals surface area contributed by atoms with Gasteiger partial charge in [-0.05, 0) is 18.2 Å². The molecule has 0 atom stereocenters. The van der Waals surface area contributed by atoms with Gasteiger partial charge in [0.2, 0.25) is 0 Å². The fourth-order valence-corrected chi connectivity index (χ4v) is 1.67. The Bertz CT molecular complexity index is 410. The molecule has 2 N–H and O–H groups in total. The van der Waals surface area contributed by atoms with Gasteiger partial charge in [0.15, 0.2) is 0 Å². The lowest BCUT2D eigenvalue weighted by atomic mass is 10.1. The molecule has 1 rings (SSSR count). The molecule has 0 saturated heterocycles. The van der Waals surface area contributed by atoms with Crippen molar-refractivity contribution in [2.45, 2.75) is 13.5 Å². The summed E-state index contributed by atoms with van der Waals surface area (Å²) in [5.41, 5.74) is 6.61. The van der Waals surface area contributed by atoms with E-state index in [1.165, 1.54) is 6.07 Å². The van der Waals surface area contributed by atoms with Crippen LogP contribution in [-0.4, -0.2) is 36.6 Å². The third-order valence-corrected chi connectivity index (χ3v) is 2.76. The number of anilines is 1. The lowest BCUT2D eigenvalue weighted by Gasteiger charge is -2.19. The lowest BCUT2D eigenvalue weighted by Crippen LogP contribution is -2.26. The van der Waals surface area contributed by atoms with Crippen molar-refractivity contribution in [1.29, 1.82) is 0 Å². The van der Waals surface area contributed by atoms with Crippen LogP contribution in [-0.2, 0) is 11.3 Å². The standard InChI is InChI=1S/C12H19N3O3/c1-3-14(6-7-18-2)9-10-4-5-11(13)12(8-10)15(16)17/h4-5,8H,3,6-7,9,13H2,1-2H3. The Morgan fingerprint density at radius 2 is 2.22 bits per heavy atom. The van der Waals surface area contributed by atoms with Crippen LogP contribution in [0.5, 0.6) is 0 Å². The average molecular weight is 253 g/mol. The van der Waals surface area contributed by atoms with Crippen LogP contribution in [0.2, 0.25) is 0 Å². The molecule has 0 fully saturated rings. The van der Waals surface area contributed by atoms with Crippen molar-refractivity contribution in [3.05, 3.63) is 33.9 Å². The number of nitro groups is 1. The molecule has 100 valence electrons. The summed E-state index contributed by atoms with van der Waals surface area (Å²) in [6.45, 7) is 5.00. The molecule has 6 heteroatoms. The van der Waals surface area contributed by atoms with E-state index < -0.39 is 4.92 Å². The molecule has 6 nitrogen and oxygen atoms in total. The minimum absolute atomic E-state index is 0.0321. The van der Waals surface area contributed by atoms with E-state index in [9.17, 15) is 10.1 Å². The zero-order valence-electron chi connectivity index (χ0n) is 10.8. The van der Waals surface area contributed by atoms with E-state index in [0.717, 1.165) is 18.7 Å². The molecule has 0 saturated carbocycles. The number of nitro benzene ring substituents is 1. The highest BCUT2D eigenvalue weighted by atomic mass is 16.6. The Hall–Kier alpha value is -1.66. The summed E-state index contributed by atoms with van der Waals surface area (Å²) in [5.74, 6) is 0. The minimum Gasteiger partial charge on any atom is -0.393 e. The van der Waals surface area contributed by atoms with Crippen LogP contribution in [0.25, 0.3) is 0 Å². The van der Waals surface area contributed by atoms with E-state index in [4.69, 9.17) is 10.5 Å². The minimum atomic E-state index is -0.454. The summed E-state index contributed by atoms with van der Waals surface area (Å²) in [4.78, 5) is 12.5. The van der Waals surface area contributed by atoms with Gasteiger partial charge in [-0.25, -0.2) is 0 Å². The summed E-state index contributed by atoms with van der Waals surface area (Å²) < 4.78 is 5.02. The van der Waals surface area contributed by atoms with Crippen molar-refractivity contribution in [2.75, 3.05) is 32.5 Å². The summed E-state index contributed by atoms with van der Waals surface area (Å²) in [7, 11) is 1.65. The van der Waals surface area contributed by atoms with E-state index in [0.29, 0.717) is 13.2 Å². The summed E-state index contributed by atoms with van der Waals surface area (Å²) in [5, 5.41) is 10.8. The Morgan fingerprint density at radius 1 is 1.50 bits per heavy atom. The maximum absolute atomic E-state index is 10.8. The number of nitrogen functional groups attached to an aromatic ring is 1. The van der Waals surface area contributed by atoms with E-state index in [2.05, 4.69) is 4.90 Å². The van der Waals surface area contributed by atoms with Crippen molar-refractivity contribution >= 4 is 11.4 Å². The molecule has 0 heterocycles. The first-order valence-electron chi connectivity index (χ1n) is 5.82. The van der Waals surface area contributed by atoms with Crippen molar-refractivity contribution < 1.29 is 9.66 Å². The fourth-order valence-electron chi connectivity index (χ4n) is 1.67. The first kappa shape index (κ1) is 14.4. The molecule has 0 aliphatic rings. The maximum atomic E-state index is 10.8. The topological polar surface area (TPSA) is 81.6 Å². The van der Waals surface area contributed by atoms with Crippen LogP contribution < -0.4 is 5.73 Å². The Balaban J connectivity index is 2.77. The largest absolute Gasteiger partial charge is 0.393 e. The van der Waals surface area contributed by atoms with Gasteiger partial charge in [-0.15, -0.1) is 0 Å². The van der Waals surface area contributed by atoms with E-state index in [1.807, 2.05) is 13.0 Å². The number of likely N-dealkylation sites (N-methyl/N-ethyl adjacent to an activating group) is 1. The molecular weight excluding hydrogens is 234 g/mol. The van der Waals surface area contributed by atoms with Crippen LogP contribution in [0.15, 0.2) is 18.2 Å². The smallest absolute Gasteiger partial charge is 0.292 e. The predicted octanol–water partition coefficient (Wildman–Crippen LogP) is 1.65. The molecule has 0 spiro atoms. The predicted molar refractivity (Wildman–Crippen MR) is 70.3 cm³/mol. The molecule has 0 unspecified atom stereocenters. The van der Waals surface area contributed by atoms with Crippen molar-refractivity contribution in [2.24, 2.45) is 0 Å². The first-order chi connectivity index (χ1) is 8.58. The van der Waals surface area contributed by atoms with E-state index >= 15 is 0 Å². The summed E-state index contributed by atoms with van der Waals surface area (Å²) >= 11 is 0. The molecule has 0 aromatic heterocycles. The van der Waals surface area contributed by atoms with Crippen LogP contribution in [0.3, 0.4) is 0 Å². The number of benzene rings is 1. The molecule has 0 aliphatic heterocycles. The number of ether oxygens (including phenoxy) is 1.